The van der Waals surface area contributed by atoms with Crippen LogP contribution < -0.4 is 29.6 Å². The van der Waals surface area contributed by atoms with Crippen molar-refractivity contribution >= 4 is 0 Å². The second-order valence-corrected chi connectivity index (χ2v) is 1.76. The Kier molecular flexibility index (Phi) is 5.16. The topological polar surface area (TPSA) is 0 Å². The maximum atomic E-state index is 2.97. The molecular weight excluding hydrogens is 119 g/mol. The molecule has 0 bridgehead atoms. The van der Waals surface area contributed by atoms with Gasteiger partial charge in [-0.3, -0.25) is 0 Å². The summed E-state index contributed by atoms with van der Waals surface area (Å²) in [6.45, 7) is 2.15. The fourth-order valence-electron chi connectivity index (χ4n) is 0.657. The molecule has 9 heavy (non-hydrogen) atoms. The standard InChI is InChI=1S/C8H9.Na/c1-2-8-6-4-3-5-7-8;/h4-7H,2H2,1H3;/q-1;+1. The molecule has 42 valence electrons. The molecule has 0 nitrogen and oxygen atoms in total. The molecule has 0 amide bonds. The van der Waals surface area contributed by atoms with Gasteiger partial charge < -0.3 is 0 Å². The molecule has 0 heterocycles. The van der Waals surface area contributed by atoms with Gasteiger partial charge in [0.1, 0.15) is 0 Å². The first-order chi connectivity index (χ1) is 3.93. The molecule has 1 aromatic carbocycles. The average Bonchev–Trinajstić information content (AvgIpc) is 1.90. The number of hydrogen-bond acceptors (Lipinski definition) is 0. The van der Waals surface area contributed by atoms with Crippen molar-refractivity contribution in [2.45, 2.75) is 13.3 Å². The van der Waals surface area contributed by atoms with E-state index in [1.165, 1.54) is 5.56 Å². The van der Waals surface area contributed by atoms with Gasteiger partial charge in [-0.15, -0.1) is 0 Å². The van der Waals surface area contributed by atoms with Crippen LogP contribution in [0.5, 0.6) is 0 Å². The zero-order valence-electron chi connectivity index (χ0n) is 6.02. The molecule has 0 aliphatic heterocycles. The van der Waals surface area contributed by atoms with E-state index in [2.05, 4.69) is 25.1 Å². The van der Waals surface area contributed by atoms with E-state index in [4.69, 9.17) is 0 Å². The zero-order valence-corrected chi connectivity index (χ0v) is 8.02. The van der Waals surface area contributed by atoms with Crippen LogP contribution in [-0.4, -0.2) is 0 Å². The summed E-state index contributed by atoms with van der Waals surface area (Å²) < 4.78 is 0. The van der Waals surface area contributed by atoms with E-state index < -0.39 is 0 Å². The minimum absolute atomic E-state index is 0. The fourth-order valence-corrected chi connectivity index (χ4v) is 0.657. The minimum Gasteiger partial charge on any atom is -0.184 e. The summed E-state index contributed by atoms with van der Waals surface area (Å²) in [6, 6.07) is 11.0. The third-order valence-corrected chi connectivity index (χ3v) is 1.20. The molecule has 0 atom stereocenters. The van der Waals surface area contributed by atoms with E-state index in [-0.39, 0.29) is 29.6 Å². The van der Waals surface area contributed by atoms with Crippen LogP contribution in [0.25, 0.3) is 0 Å². The number of benzene rings is 1. The maximum absolute atomic E-state index is 2.97. The number of aryl methyl sites for hydroxylation is 1. The van der Waals surface area contributed by atoms with Crippen LogP contribution in [0.1, 0.15) is 12.5 Å². The van der Waals surface area contributed by atoms with Gasteiger partial charge in [-0.2, -0.15) is 35.9 Å². The van der Waals surface area contributed by atoms with Crippen LogP contribution in [0.3, 0.4) is 0 Å². The van der Waals surface area contributed by atoms with Crippen LogP contribution in [0.4, 0.5) is 0 Å². The molecular formula is C8H9Na. The van der Waals surface area contributed by atoms with E-state index in [1.807, 2.05) is 12.1 Å². The Balaban J connectivity index is 0.000000640. The van der Waals surface area contributed by atoms with Crippen molar-refractivity contribution in [3.05, 3.63) is 35.9 Å². The van der Waals surface area contributed by atoms with Crippen molar-refractivity contribution in [1.82, 2.24) is 0 Å². The van der Waals surface area contributed by atoms with Crippen molar-refractivity contribution in [3.8, 4) is 0 Å². The van der Waals surface area contributed by atoms with Gasteiger partial charge in [-0.1, -0.05) is 13.3 Å². The molecule has 1 heteroatoms. The van der Waals surface area contributed by atoms with Crippen LogP contribution in [0.2, 0.25) is 0 Å². The van der Waals surface area contributed by atoms with Crippen LogP contribution in [0.15, 0.2) is 24.3 Å². The summed E-state index contributed by atoms with van der Waals surface area (Å²) in [5.74, 6) is 0. The summed E-state index contributed by atoms with van der Waals surface area (Å²) in [5.41, 5.74) is 1.38. The predicted molar refractivity (Wildman–Crippen MR) is 34.7 cm³/mol. The molecule has 0 aliphatic carbocycles. The Morgan fingerprint density at radius 2 is 1.89 bits per heavy atom. The number of rotatable bonds is 1. The molecule has 0 aromatic heterocycles. The minimum atomic E-state index is 0. The van der Waals surface area contributed by atoms with Gasteiger partial charge in [-0.05, 0) is 0 Å². The summed E-state index contributed by atoms with van der Waals surface area (Å²) in [6.07, 6.45) is 1.12. The van der Waals surface area contributed by atoms with Gasteiger partial charge in [0.05, 0.1) is 0 Å². The molecule has 0 fully saturated rings. The third kappa shape index (κ3) is 3.04. The predicted octanol–water partition coefficient (Wildman–Crippen LogP) is -0.947. The molecule has 0 aliphatic rings. The van der Waals surface area contributed by atoms with Crippen molar-refractivity contribution in [3.63, 3.8) is 0 Å². The summed E-state index contributed by atoms with van der Waals surface area (Å²) in [7, 11) is 0. The Bertz CT molecular complexity index is 146. The van der Waals surface area contributed by atoms with Crippen molar-refractivity contribution in [1.29, 1.82) is 0 Å². The molecule has 0 saturated carbocycles. The molecule has 1 rings (SSSR count). The first kappa shape index (κ1) is 9.22. The van der Waals surface area contributed by atoms with Crippen molar-refractivity contribution in [2.24, 2.45) is 0 Å². The summed E-state index contributed by atoms with van der Waals surface area (Å²) >= 11 is 0. The Hall–Kier alpha value is 0.220. The van der Waals surface area contributed by atoms with E-state index in [9.17, 15) is 0 Å². The van der Waals surface area contributed by atoms with E-state index in [1.54, 1.807) is 0 Å². The number of hydrogen-bond donors (Lipinski definition) is 0. The smallest absolute Gasteiger partial charge is 0.184 e. The Labute approximate surface area is 78.6 Å². The zero-order chi connectivity index (χ0) is 5.82. The van der Waals surface area contributed by atoms with Crippen LogP contribution in [-0.2, 0) is 6.42 Å². The van der Waals surface area contributed by atoms with E-state index in [0.29, 0.717) is 0 Å². The first-order valence-electron chi connectivity index (χ1n) is 2.88. The second kappa shape index (κ2) is 5.04. The molecule has 0 spiro atoms. The first-order valence-corrected chi connectivity index (χ1v) is 2.88. The van der Waals surface area contributed by atoms with Gasteiger partial charge in [0.2, 0.25) is 0 Å². The van der Waals surface area contributed by atoms with Crippen molar-refractivity contribution < 1.29 is 29.6 Å². The monoisotopic (exact) mass is 128 g/mol. The molecule has 0 saturated heterocycles. The van der Waals surface area contributed by atoms with Gasteiger partial charge in [-0.25, -0.2) is 0 Å². The SMILES string of the molecule is CCc1cc[c-]cc1.[Na+]. The molecule has 0 radical (unpaired) electrons. The Morgan fingerprint density at radius 3 is 2.22 bits per heavy atom. The normalized spacial score (nSPS) is 8.11. The largest absolute Gasteiger partial charge is 1.00 e. The maximum Gasteiger partial charge on any atom is 1.00 e. The molecule has 0 unspecified atom stereocenters. The third-order valence-electron chi connectivity index (χ3n) is 1.20. The quantitative estimate of drug-likeness (QED) is 0.338. The average molecular weight is 128 g/mol. The second-order valence-electron chi connectivity index (χ2n) is 1.76. The summed E-state index contributed by atoms with van der Waals surface area (Å²) in [4.78, 5) is 0. The summed E-state index contributed by atoms with van der Waals surface area (Å²) in [5, 5.41) is 0. The van der Waals surface area contributed by atoms with E-state index >= 15 is 0 Å². The van der Waals surface area contributed by atoms with E-state index in [0.717, 1.165) is 6.42 Å². The van der Waals surface area contributed by atoms with Crippen molar-refractivity contribution in [2.75, 3.05) is 0 Å². The molecule has 1 aromatic rings. The van der Waals surface area contributed by atoms with Gasteiger partial charge in [0.15, 0.2) is 0 Å². The van der Waals surface area contributed by atoms with Gasteiger partial charge in [0, 0.05) is 0 Å². The van der Waals surface area contributed by atoms with Crippen LogP contribution in [0, 0.1) is 6.07 Å². The Morgan fingerprint density at radius 1 is 1.33 bits per heavy atom. The van der Waals surface area contributed by atoms with Gasteiger partial charge in [0.25, 0.3) is 0 Å². The van der Waals surface area contributed by atoms with Gasteiger partial charge >= 0.3 is 29.6 Å². The van der Waals surface area contributed by atoms with Crippen LogP contribution >= 0.6 is 0 Å². The fraction of sp³-hybridized carbons (Fsp3) is 0.250. The molecule has 0 N–H and O–H groups in total.